The predicted octanol–water partition coefficient (Wildman–Crippen LogP) is 1.08. The van der Waals surface area contributed by atoms with Crippen LogP contribution in [0.5, 0.6) is 0 Å². The van der Waals surface area contributed by atoms with E-state index in [-0.39, 0.29) is 5.91 Å². The Kier molecular flexibility index (Phi) is 6.65. The number of piperidine rings is 1. The minimum absolute atomic E-state index is 0.0644. The molecule has 4 nitrogen and oxygen atoms in total. The standard InChI is InChI=1S/C14H29N3O/c1-11(2)8-16-14-7-12(3)9-17(10-14)6-5-15-13(4)18/h11-12,14,16H,5-10H2,1-4H3,(H,15,18). The van der Waals surface area contributed by atoms with Crippen LogP contribution in [0, 0.1) is 11.8 Å². The molecular formula is C14H29N3O. The number of hydrogen-bond acceptors (Lipinski definition) is 3. The van der Waals surface area contributed by atoms with Crippen molar-refractivity contribution < 1.29 is 4.79 Å². The average Bonchev–Trinajstić information content (AvgIpc) is 2.25. The monoisotopic (exact) mass is 255 g/mol. The molecular weight excluding hydrogens is 226 g/mol. The molecule has 1 amide bonds. The van der Waals surface area contributed by atoms with Gasteiger partial charge in [-0.05, 0) is 24.8 Å². The number of nitrogens with zero attached hydrogens (tertiary/aromatic N) is 1. The summed E-state index contributed by atoms with van der Waals surface area (Å²) in [5.74, 6) is 1.50. The van der Waals surface area contributed by atoms with Gasteiger partial charge in [-0.1, -0.05) is 20.8 Å². The molecule has 1 fully saturated rings. The van der Waals surface area contributed by atoms with Crippen molar-refractivity contribution in [3.63, 3.8) is 0 Å². The first-order valence-electron chi connectivity index (χ1n) is 7.17. The van der Waals surface area contributed by atoms with Gasteiger partial charge in [-0.15, -0.1) is 0 Å². The van der Waals surface area contributed by atoms with Crippen LogP contribution in [0.3, 0.4) is 0 Å². The Labute approximate surface area is 111 Å². The zero-order chi connectivity index (χ0) is 13.5. The zero-order valence-electron chi connectivity index (χ0n) is 12.3. The van der Waals surface area contributed by atoms with E-state index in [9.17, 15) is 4.79 Å². The lowest BCUT2D eigenvalue weighted by Crippen LogP contribution is -2.50. The van der Waals surface area contributed by atoms with Crippen LogP contribution < -0.4 is 10.6 Å². The van der Waals surface area contributed by atoms with E-state index in [0.717, 1.165) is 38.6 Å². The first kappa shape index (κ1) is 15.4. The molecule has 0 aliphatic carbocycles. The zero-order valence-corrected chi connectivity index (χ0v) is 12.3. The third-order valence-corrected chi connectivity index (χ3v) is 3.35. The van der Waals surface area contributed by atoms with Crippen molar-refractivity contribution in [2.24, 2.45) is 11.8 Å². The van der Waals surface area contributed by atoms with Gasteiger partial charge in [0.15, 0.2) is 0 Å². The Morgan fingerprint density at radius 2 is 2.11 bits per heavy atom. The van der Waals surface area contributed by atoms with E-state index in [4.69, 9.17) is 0 Å². The van der Waals surface area contributed by atoms with E-state index < -0.39 is 0 Å². The van der Waals surface area contributed by atoms with Crippen LogP contribution in [0.1, 0.15) is 34.1 Å². The van der Waals surface area contributed by atoms with Gasteiger partial charge in [0.05, 0.1) is 0 Å². The topological polar surface area (TPSA) is 44.4 Å². The van der Waals surface area contributed by atoms with Crippen molar-refractivity contribution in [3.8, 4) is 0 Å². The highest BCUT2D eigenvalue weighted by Gasteiger charge is 2.23. The lowest BCUT2D eigenvalue weighted by Gasteiger charge is -2.37. The van der Waals surface area contributed by atoms with Crippen LogP contribution >= 0.6 is 0 Å². The number of hydrogen-bond donors (Lipinski definition) is 2. The molecule has 1 saturated heterocycles. The van der Waals surface area contributed by atoms with Crippen LogP contribution in [0.2, 0.25) is 0 Å². The summed E-state index contributed by atoms with van der Waals surface area (Å²) in [6.45, 7) is 13.5. The smallest absolute Gasteiger partial charge is 0.216 e. The van der Waals surface area contributed by atoms with Gasteiger partial charge in [-0.2, -0.15) is 0 Å². The molecule has 2 atom stereocenters. The number of carbonyl (C=O) groups excluding carboxylic acids is 1. The van der Waals surface area contributed by atoms with Gasteiger partial charge < -0.3 is 10.6 Å². The predicted molar refractivity (Wildman–Crippen MR) is 75.5 cm³/mol. The Hall–Kier alpha value is -0.610. The molecule has 18 heavy (non-hydrogen) atoms. The quantitative estimate of drug-likeness (QED) is 0.746. The largest absolute Gasteiger partial charge is 0.355 e. The van der Waals surface area contributed by atoms with E-state index in [1.807, 2.05) is 0 Å². The Morgan fingerprint density at radius 3 is 2.72 bits per heavy atom. The van der Waals surface area contributed by atoms with Crippen LogP contribution in [-0.4, -0.2) is 49.6 Å². The van der Waals surface area contributed by atoms with E-state index in [0.29, 0.717) is 12.0 Å². The molecule has 1 aliphatic rings. The summed E-state index contributed by atoms with van der Waals surface area (Å²) in [7, 11) is 0. The van der Waals surface area contributed by atoms with Crippen molar-refractivity contribution in [3.05, 3.63) is 0 Å². The molecule has 0 aromatic carbocycles. The van der Waals surface area contributed by atoms with Crippen molar-refractivity contribution in [2.45, 2.75) is 40.2 Å². The molecule has 1 aliphatic heterocycles. The number of nitrogens with one attached hydrogen (secondary N) is 2. The van der Waals surface area contributed by atoms with E-state index in [1.54, 1.807) is 6.92 Å². The molecule has 2 unspecified atom stereocenters. The van der Waals surface area contributed by atoms with Crippen LogP contribution in [0.15, 0.2) is 0 Å². The fraction of sp³-hybridized carbons (Fsp3) is 0.929. The van der Waals surface area contributed by atoms with Gasteiger partial charge in [0, 0.05) is 39.1 Å². The van der Waals surface area contributed by atoms with Gasteiger partial charge in [0.1, 0.15) is 0 Å². The summed E-state index contributed by atoms with van der Waals surface area (Å²) in [4.78, 5) is 13.3. The molecule has 106 valence electrons. The maximum Gasteiger partial charge on any atom is 0.216 e. The second-order valence-electron chi connectivity index (χ2n) is 6.08. The molecule has 0 bridgehead atoms. The summed E-state index contributed by atoms with van der Waals surface area (Å²) in [5.41, 5.74) is 0. The number of carbonyl (C=O) groups is 1. The summed E-state index contributed by atoms with van der Waals surface area (Å²) >= 11 is 0. The molecule has 1 rings (SSSR count). The second kappa shape index (κ2) is 7.74. The highest BCUT2D eigenvalue weighted by molar-refractivity contribution is 5.72. The van der Waals surface area contributed by atoms with Gasteiger partial charge >= 0.3 is 0 Å². The fourth-order valence-corrected chi connectivity index (χ4v) is 2.58. The second-order valence-corrected chi connectivity index (χ2v) is 6.08. The van der Waals surface area contributed by atoms with Gasteiger partial charge in [-0.25, -0.2) is 0 Å². The maximum atomic E-state index is 10.8. The summed E-state index contributed by atoms with van der Waals surface area (Å²) in [6, 6.07) is 0.605. The van der Waals surface area contributed by atoms with E-state index in [1.165, 1.54) is 6.42 Å². The van der Waals surface area contributed by atoms with Crippen LogP contribution in [0.4, 0.5) is 0 Å². The minimum atomic E-state index is 0.0644. The summed E-state index contributed by atoms with van der Waals surface area (Å²) < 4.78 is 0. The molecule has 2 N–H and O–H groups in total. The maximum absolute atomic E-state index is 10.8. The highest BCUT2D eigenvalue weighted by atomic mass is 16.1. The van der Waals surface area contributed by atoms with Gasteiger partial charge in [-0.3, -0.25) is 9.69 Å². The third kappa shape index (κ3) is 6.36. The minimum Gasteiger partial charge on any atom is -0.355 e. The molecule has 0 saturated carbocycles. The Morgan fingerprint density at radius 1 is 1.39 bits per heavy atom. The number of amides is 1. The SMILES string of the molecule is CC(=O)NCCN1CC(C)CC(NCC(C)C)C1. The molecule has 1 heterocycles. The first-order valence-corrected chi connectivity index (χ1v) is 7.17. The summed E-state index contributed by atoms with van der Waals surface area (Å²) in [6.07, 6.45) is 1.27. The molecule has 0 radical (unpaired) electrons. The molecule has 0 aromatic rings. The first-order chi connectivity index (χ1) is 8.47. The van der Waals surface area contributed by atoms with Crippen LogP contribution in [-0.2, 0) is 4.79 Å². The van der Waals surface area contributed by atoms with Crippen molar-refractivity contribution in [1.82, 2.24) is 15.5 Å². The summed E-state index contributed by atoms with van der Waals surface area (Å²) in [5, 5.41) is 6.52. The molecule has 0 aromatic heterocycles. The van der Waals surface area contributed by atoms with E-state index in [2.05, 4.69) is 36.3 Å². The van der Waals surface area contributed by atoms with Crippen molar-refractivity contribution in [1.29, 1.82) is 0 Å². The molecule has 4 heteroatoms. The van der Waals surface area contributed by atoms with Crippen molar-refractivity contribution >= 4 is 5.91 Å². The van der Waals surface area contributed by atoms with Crippen LogP contribution in [0.25, 0.3) is 0 Å². The lowest BCUT2D eigenvalue weighted by molar-refractivity contribution is -0.119. The third-order valence-electron chi connectivity index (χ3n) is 3.35. The van der Waals surface area contributed by atoms with E-state index >= 15 is 0 Å². The Balaban J connectivity index is 2.28. The number of rotatable bonds is 6. The highest BCUT2D eigenvalue weighted by Crippen LogP contribution is 2.16. The average molecular weight is 255 g/mol. The molecule has 0 spiro atoms. The van der Waals surface area contributed by atoms with Gasteiger partial charge in [0.25, 0.3) is 0 Å². The number of likely N-dealkylation sites (tertiary alicyclic amines) is 1. The normalized spacial score (nSPS) is 25.4. The van der Waals surface area contributed by atoms with Gasteiger partial charge in [0.2, 0.25) is 5.91 Å². The lowest BCUT2D eigenvalue weighted by atomic mass is 9.95. The Bertz CT molecular complexity index is 255. The fourth-order valence-electron chi connectivity index (χ4n) is 2.58. The van der Waals surface area contributed by atoms with Crippen molar-refractivity contribution in [2.75, 3.05) is 32.7 Å².